The predicted octanol–water partition coefficient (Wildman–Crippen LogP) is 1.93. The largest absolute Gasteiger partial charge is 0.401 e. The Morgan fingerprint density at radius 1 is 1.23 bits per heavy atom. The van der Waals surface area contributed by atoms with E-state index in [1.165, 1.54) is 4.90 Å². The van der Waals surface area contributed by atoms with Crippen molar-refractivity contribution in [2.45, 2.75) is 50.8 Å². The molecule has 4 nitrogen and oxygen atoms in total. The Hall–Kier alpha value is -0.820. The standard InChI is InChI=1S/C15H25F3N2O2/c16-15(17,18)10-20-7-3-6-12(9-20)14(22)19-8-13(21)11-4-1-2-5-11/h11-13,21H,1-10H2,(H,19,22). The first-order valence-electron chi connectivity index (χ1n) is 8.10. The van der Waals surface area contributed by atoms with Crippen LogP contribution in [0.4, 0.5) is 13.2 Å². The van der Waals surface area contributed by atoms with Gasteiger partial charge in [0.2, 0.25) is 5.91 Å². The number of aliphatic hydroxyl groups is 1. The highest BCUT2D eigenvalue weighted by atomic mass is 19.4. The number of carbonyl (C=O) groups is 1. The number of alkyl halides is 3. The molecule has 7 heteroatoms. The molecule has 2 fully saturated rings. The fourth-order valence-corrected chi connectivity index (χ4v) is 3.53. The summed E-state index contributed by atoms with van der Waals surface area (Å²) < 4.78 is 37.3. The second-order valence-electron chi connectivity index (χ2n) is 6.55. The first-order valence-corrected chi connectivity index (χ1v) is 8.10. The van der Waals surface area contributed by atoms with E-state index in [0.29, 0.717) is 19.4 Å². The van der Waals surface area contributed by atoms with Crippen LogP contribution in [0, 0.1) is 11.8 Å². The van der Waals surface area contributed by atoms with Crippen LogP contribution in [0.5, 0.6) is 0 Å². The van der Waals surface area contributed by atoms with E-state index in [9.17, 15) is 23.1 Å². The van der Waals surface area contributed by atoms with Gasteiger partial charge in [-0.05, 0) is 38.1 Å². The minimum atomic E-state index is -4.23. The second-order valence-corrected chi connectivity index (χ2v) is 6.55. The van der Waals surface area contributed by atoms with Gasteiger partial charge in [-0.15, -0.1) is 0 Å². The van der Waals surface area contributed by atoms with Gasteiger partial charge >= 0.3 is 6.18 Å². The van der Waals surface area contributed by atoms with Crippen molar-refractivity contribution in [3.8, 4) is 0 Å². The van der Waals surface area contributed by atoms with Crippen LogP contribution in [0.15, 0.2) is 0 Å². The molecular weight excluding hydrogens is 297 g/mol. The molecule has 1 heterocycles. The average Bonchev–Trinajstić information content (AvgIpc) is 2.97. The zero-order valence-electron chi connectivity index (χ0n) is 12.7. The van der Waals surface area contributed by atoms with Crippen molar-refractivity contribution < 1.29 is 23.1 Å². The molecule has 0 bridgehead atoms. The number of nitrogens with zero attached hydrogens (tertiary/aromatic N) is 1. The molecule has 0 spiro atoms. The highest BCUT2D eigenvalue weighted by Gasteiger charge is 2.34. The Morgan fingerprint density at radius 2 is 1.91 bits per heavy atom. The minimum absolute atomic E-state index is 0.144. The summed E-state index contributed by atoms with van der Waals surface area (Å²) in [5.41, 5.74) is 0. The van der Waals surface area contributed by atoms with Crippen LogP contribution in [0.2, 0.25) is 0 Å². The smallest absolute Gasteiger partial charge is 0.391 e. The first kappa shape index (κ1) is 17.5. The van der Waals surface area contributed by atoms with E-state index < -0.39 is 24.7 Å². The van der Waals surface area contributed by atoms with E-state index in [4.69, 9.17) is 0 Å². The first-order chi connectivity index (χ1) is 10.3. The van der Waals surface area contributed by atoms with Crippen molar-refractivity contribution in [3.63, 3.8) is 0 Å². The van der Waals surface area contributed by atoms with Crippen molar-refractivity contribution in [1.82, 2.24) is 10.2 Å². The molecule has 1 saturated heterocycles. The lowest BCUT2D eigenvalue weighted by atomic mass is 9.96. The fourth-order valence-electron chi connectivity index (χ4n) is 3.53. The Morgan fingerprint density at radius 3 is 2.55 bits per heavy atom. The summed E-state index contributed by atoms with van der Waals surface area (Å²) in [5.74, 6) is -0.399. The molecule has 2 atom stereocenters. The lowest BCUT2D eigenvalue weighted by molar-refractivity contribution is -0.152. The molecule has 0 aromatic rings. The maximum atomic E-state index is 12.4. The zero-order valence-corrected chi connectivity index (χ0v) is 12.7. The van der Waals surface area contributed by atoms with Crippen molar-refractivity contribution in [2.75, 3.05) is 26.2 Å². The van der Waals surface area contributed by atoms with Gasteiger partial charge in [-0.3, -0.25) is 9.69 Å². The summed E-state index contributed by atoms with van der Waals surface area (Å²) in [6, 6.07) is 0. The topological polar surface area (TPSA) is 52.6 Å². The van der Waals surface area contributed by atoms with E-state index in [1.807, 2.05) is 0 Å². The number of halogens is 3. The van der Waals surface area contributed by atoms with Crippen LogP contribution in [-0.4, -0.2) is 54.4 Å². The number of likely N-dealkylation sites (tertiary alicyclic amines) is 1. The van der Waals surface area contributed by atoms with Gasteiger partial charge in [0.25, 0.3) is 0 Å². The molecule has 2 rings (SSSR count). The third-order valence-corrected chi connectivity index (χ3v) is 4.71. The second kappa shape index (κ2) is 7.64. The number of rotatable bonds is 5. The molecule has 1 saturated carbocycles. The molecule has 1 aliphatic carbocycles. The number of nitrogens with one attached hydrogen (secondary N) is 1. The molecule has 0 aromatic heterocycles. The average molecular weight is 322 g/mol. The van der Waals surface area contributed by atoms with Crippen LogP contribution >= 0.6 is 0 Å². The summed E-state index contributed by atoms with van der Waals surface area (Å²) in [6.07, 6.45) is 0.645. The van der Waals surface area contributed by atoms with Gasteiger partial charge in [0.15, 0.2) is 0 Å². The molecule has 128 valence electrons. The monoisotopic (exact) mass is 322 g/mol. The van der Waals surface area contributed by atoms with Gasteiger partial charge in [-0.25, -0.2) is 0 Å². The van der Waals surface area contributed by atoms with Gasteiger partial charge in [0, 0.05) is 13.1 Å². The summed E-state index contributed by atoms with van der Waals surface area (Å²) >= 11 is 0. The lowest BCUT2D eigenvalue weighted by Gasteiger charge is -2.32. The maximum absolute atomic E-state index is 12.4. The Kier molecular flexibility index (Phi) is 6.09. The number of carbonyl (C=O) groups excluding carboxylic acids is 1. The fraction of sp³-hybridized carbons (Fsp3) is 0.933. The van der Waals surface area contributed by atoms with Crippen LogP contribution in [-0.2, 0) is 4.79 Å². The van der Waals surface area contributed by atoms with E-state index in [0.717, 1.165) is 25.7 Å². The van der Waals surface area contributed by atoms with Crippen molar-refractivity contribution in [1.29, 1.82) is 0 Å². The quantitative estimate of drug-likeness (QED) is 0.813. The van der Waals surface area contributed by atoms with Gasteiger partial charge in [-0.1, -0.05) is 12.8 Å². The minimum Gasteiger partial charge on any atom is -0.391 e. The molecule has 22 heavy (non-hydrogen) atoms. The van der Waals surface area contributed by atoms with Gasteiger partial charge < -0.3 is 10.4 Å². The molecule has 0 radical (unpaired) electrons. The summed E-state index contributed by atoms with van der Waals surface area (Å²) in [5, 5.41) is 12.7. The number of hydrogen-bond acceptors (Lipinski definition) is 3. The molecular formula is C15H25F3N2O2. The van der Waals surface area contributed by atoms with Gasteiger partial charge in [0.05, 0.1) is 18.6 Å². The molecule has 0 aromatic carbocycles. The van der Waals surface area contributed by atoms with Crippen molar-refractivity contribution in [2.24, 2.45) is 11.8 Å². The van der Waals surface area contributed by atoms with E-state index in [-0.39, 0.29) is 24.9 Å². The normalized spacial score (nSPS) is 26.1. The zero-order chi connectivity index (χ0) is 16.2. The van der Waals surface area contributed by atoms with Crippen molar-refractivity contribution in [3.05, 3.63) is 0 Å². The highest BCUT2D eigenvalue weighted by Crippen LogP contribution is 2.27. The van der Waals surface area contributed by atoms with Crippen LogP contribution in [0.3, 0.4) is 0 Å². The SMILES string of the molecule is O=C(NCC(O)C1CCCC1)C1CCCN(CC(F)(F)F)C1. The molecule has 2 N–H and O–H groups in total. The summed E-state index contributed by atoms with van der Waals surface area (Å²) in [6.45, 7) is -0.223. The molecule has 2 unspecified atom stereocenters. The van der Waals surface area contributed by atoms with Gasteiger partial charge in [-0.2, -0.15) is 13.2 Å². The third-order valence-electron chi connectivity index (χ3n) is 4.71. The van der Waals surface area contributed by atoms with E-state index in [2.05, 4.69) is 5.32 Å². The van der Waals surface area contributed by atoms with Gasteiger partial charge in [0.1, 0.15) is 0 Å². The maximum Gasteiger partial charge on any atom is 0.401 e. The highest BCUT2D eigenvalue weighted by molar-refractivity contribution is 5.79. The Bertz CT molecular complexity index is 370. The van der Waals surface area contributed by atoms with Crippen LogP contribution < -0.4 is 5.32 Å². The number of piperidine rings is 1. The van der Waals surface area contributed by atoms with Crippen molar-refractivity contribution >= 4 is 5.91 Å². The number of amides is 1. The van der Waals surface area contributed by atoms with E-state index in [1.54, 1.807) is 0 Å². The Balaban J connectivity index is 1.74. The third kappa shape index (κ3) is 5.43. The van der Waals surface area contributed by atoms with Crippen LogP contribution in [0.1, 0.15) is 38.5 Å². The summed E-state index contributed by atoms with van der Waals surface area (Å²) in [7, 11) is 0. The number of aliphatic hydroxyl groups excluding tert-OH is 1. The lowest BCUT2D eigenvalue weighted by Crippen LogP contribution is -2.47. The number of hydrogen-bond donors (Lipinski definition) is 2. The Labute approximate surface area is 129 Å². The van der Waals surface area contributed by atoms with E-state index >= 15 is 0 Å². The predicted molar refractivity (Wildman–Crippen MR) is 76.2 cm³/mol. The summed E-state index contributed by atoms with van der Waals surface area (Å²) in [4.78, 5) is 13.4. The molecule has 2 aliphatic rings. The molecule has 1 aliphatic heterocycles. The molecule has 1 amide bonds. The van der Waals surface area contributed by atoms with Crippen LogP contribution in [0.25, 0.3) is 0 Å².